The molecule has 0 saturated carbocycles. The number of aromatic nitrogens is 2. The second kappa shape index (κ2) is 11.1. The molecule has 45 heavy (non-hydrogen) atoms. The molecule has 0 fully saturated rings. The van der Waals surface area contributed by atoms with E-state index < -0.39 is 22.4 Å². The Balaban J connectivity index is 1.31. The number of nitro groups is 1. The van der Waals surface area contributed by atoms with Crippen LogP contribution in [0.4, 0.5) is 17.2 Å². The summed E-state index contributed by atoms with van der Waals surface area (Å²) in [5.74, 6) is -0.267. The average Bonchev–Trinajstić information content (AvgIpc) is 3.59. The number of fused-ring (bicyclic) bond motifs is 2. The fraction of sp³-hybridized carbons (Fsp3) is 0.125. The molecule has 3 aromatic carbocycles. The van der Waals surface area contributed by atoms with Gasteiger partial charge in [-0.15, -0.1) is 0 Å². The van der Waals surface area contributed by atoms with E-state index in [1.807, 2.05) is 77.9 Å². The van der Waals surface area contributed by atoms with Crippen LogP contribution >= 0.6 is 11.8 Å². The summed E-state index contributed by atoms with van der Waals surface area (Å²) in [5, 5.41) is 24.0. The average molecular weight is 617 g/mol. The van der Waals surface area contributed by atoms with Gasteiger partial charge in [0.25, 0.3) is 17.2 Å². The van der Waals surface area contributed by atoms with Crippen molar-refractivity contribution in [3.8, 4) is 0 Å². The SMILES string of the molecule is CC1=NN(c2ccccc2)C(=O)C1C1=CSC2=Nc3nc(C)n(/N=C/c4ccc([N+](=O)[O-])cc4)c(=O)c3C(c3ccccc3)N12. The number of benzene rings is 3. The summed E-state index contributed by atoms with van der Waals surface area (Å²) in [6.45, 7) is 3.49. The van der Waals surface area contributed by atoms with Crippen LogP contribution < -0.4 is 10.6 Å². The highest BCUT2D eigenvalue weighted by atomic mass is 32.2. The van der Waals surface area contributed by atoms with Gasteiger partial charge in [-0.1, -0.05) is 60.3 Å². The highest BCUT2D eigenvalue weighted by Gasteiger charge is 2.47. The molecule has 0 bridgehead atoms. The molecule has 0 spiro atoms. The van der Waals surface area contributed by atoms with Gasteiger partial charge in [-0.25, -0.2) is 9.98 Å². The number of aryl methyl sites for hydroxylation is 1. The van der Waals surface area contributed by atoms with Gasteiger partial charge in [-0.3, -0.25) is 19.7 Å². The molecule has 2 atom stereocenters. The number of aliphatic imine (C=N–C) groups is 1. The van der Waals surface area contributed by atoms with Gasteiger partial charge in [-0.2, -0.15) is 19.9 Å². The van der Waals surface area contributed by atoms with E-state index >= 15 is 0 Å². The number of anilines is 1. The number of nitrogens with zero attached hydrogens (tertiary/aromatic N) is 8. The molecule has 3 aliphatic rings. The molecule has 222 valence electrons. The van der Waals surface area contributed by atoms with Gasteiger partial charge in [0.05, 0.1) is 34.1 Å². The number of carbonyl (C=O) groups is 1. The lowest BCUT2D eigenvalue weighted by atomic mass is 9.93. The Labute approximate surface area is 260 Å². The zero-order valence-corrected chi connectivity index (χ0v) is 24.8. The minimum atomic E-state index is -0.682. The molecule has 13 heteroatoms. The first-order chi connectivity index (χ1) is 21.8. The second-order valence-corrected chi connectivity index (χ2v) is 11.3. The summed E-state index contributed by atoms with van der Waals surface area (Å²) in [6, 6.07) is 24.0. The Morgan fingerprint density at radius 2 is 1.64 bits per heavy atom. The number of nitro benzene ring substituents is 1. The normalized spacial score (nSPS) is 18.9. The first kappa shape index (κ1) is 28.1. The van der Waals surface area contributed by atoms with Crippen molar-refractivity contribution in [2.45, 2.75) is 19.9 Å². The van der Waals surface area contributed by atoms with Crippen LogP contribution in [-0.4, -0.2) is 42.5 Å². The number of hydrogen-bond acceptors (Lipinski definition) is 10. The van der Waals surface area contributed by atoms with Gasteiger partial charge >= 0.3 is 0 Å². The van der Waals surface area contributed by atoms with E-state index in [0.29, 0.717) is 39.2 Å². The number of amides is 1. The molecule has 4 aromatic rings. The Bertz CT molecular complexity index is 2040. The second-order valence-electron chi connectivity index (χ2n) is 10.5. The maximum Gasteiger partial charge on any atom is 0.282 e. The zero-order chi connectivity index (χ0) is 31.2. The quantitative estimate of drug-likeness (QED) is 0.161. The van der Waals surface area contributed by atoms with Crippen LogP contribution in [0.2, 0.25) is 0 Å². The molecule has 0 N–H and O–H groups in total. The Morgan fingerprint density at radius 3 is 2.33 bits per heavy atom. The molecule has 4 heterocycles. The maximum absolute atomic E-state index is 14.3. The maximum atomic E-state index is 14.3. The smallest absolute Gasteiger partial charge is 0.282 e. The van der Waals surface area contributed by atoms with Crippen LogP contribution in [0.1, 0.15) is 35.5 Å². The van der Waals surface area contributed by atoms with Gasteiger partial charge in [0.1, 0.15) is 11.7 Å². The first-order valence-electron chi connectivity index (χ1n) is 14.0. The molecule has 0 saturated heterocycles. The third-order valence-corrected chi connectivity index (χ3v) is 8.57. The predicted molar refractivity (Wildman–Crippen MR) is 173 cm³/mol. The zero-order valence-electron chi connectivity index (χ0n) is 24.0. The lowest BCUT2D eigenvalue weighted by Gasteiger charge is -2.36. The van der Waals surface area contributed by atoms with E-state index in [2.05, 4.69) is 15.2 Å². The summed E-state index contributed by atoms with van der Waals surface area (Å²) < 4.78 is 1.20. The topological polar surface area (TPSA) is 139 Å². The third kappa shape index (κ3) is 4.83. The minimum Gasteiger partial charge on any atom is -0.311 e. The number of hydrogen-bond donors (Lipinski definition) is 0. The highest BCUT2D eigenvalue weighted by Crippen LogP contribution is 2.47. The van der Waals surface area contributed by atoms with Crippen molar-refractivity contribution in [3.05, 3.63) is 139 Å². The standard InChI is InChI=1S/C32H24N8O4S/c1-19-26(30(41)39(36-19)23-11-7-4-8-12-23)25-18-45-32-35-29-27(28(37(25)32)22-9-5-3-6-10-22)31(42)38(20(2)34-29)33-17-21-13-15-24(16-14-21)40(43)44/h3-18,26,28H,1-2H3/b33-17+. The lowest BCUT2D eigenvalue weighted by molar-refractivity contribution is -0.384. The summed E-state index contributed by atoms with van der Waals surface area (Å²) in [6.07, 6.45) is 1.45. The summed E-state index contributed by atoms with van der Waals surface area (Å²) in [7, 11) is 0. The number of carbonyl (C=O) groups excluding carboxylic acids is 1. The molecule has 3 aliphatic heterocycles. The van der Waals surface area contributed by atoms with Crippen molar-refractivity contribution in [3.63, 3.8) is 0 Å². The van der Waals surface area contributed by atoms with Crippen LogP contribution in [0.3, 0.4) is 0 Å². The number of rotatable bonds is 6. The van der Waals surface area contributed by atoms with Crippen molar-refractivity contribution < 1.29 is 9.72 Å². The molecular weight excluding hydrogens is 592 g/mol. The number of para-hydroxylation sites is 1. The minimum absolute atomic E-state index is 0.0458. The molecule has 0 radical (unpaired) electrons. The van der Waals surface area contributed by atoms with E-state index in [-0.39, 0.29) is 17.4 Å². The third-order valence-electron chi connectivity index (χ3n) is 7.71. The van der Waals surface area contributed by atoms with Gasteiger partial charge in [0, 0.05) is 17.8 Å². The fourth-order valence-electron chi connectivity index (χ4n) is 5.60. The van der Waals surface area contributed by atoms with Crippen molar-refractivity contribution >= 4 is 52.0 Å². The van der Waals surface area contributed by atoms with Crippen LogP contribution in [0, 0.1) is 23.0 Å². The van der Waals surface area contributed by atoms with Crippen molar-refractivity contribution in [2.24, 2.45) is 21.1 Å². The largest absolute Gasteiger partial charge is 0.311 e. The Kier molecular flexibility index (Phi) is 6.93. The van der Waals surface area contributed by atoms with E-state index in [1.165, 1.54) is 39.8 Å². The van der Waals surface area contributed by atoms with Crippen LogP contribution in [0.5, 0.6) is 0 Å². The van der Waals surface area contributed by atoms with Crippen molar-refractivity contribution in [1.29, 1.82) is 0 Å². The summed E-state index contributed by atoms with van der Waals surface area (Å²) in [5.41, 5.74) is 3.20. The van der Waals surface area contributed by atoms with Crippen molar-refractivity contribution in [1.82, 2.24) is 14.6 Å². The van der Waals surface area contributed by atoms with E-state index in [9.17, 15) is 19.7 Å². The monoisotopic (exact) mass is 616 g/mol. The Hall–Kier alpha value is -5.69. The molecule has 7 rings (SSSR count). The summed E-state index contributed by atoms with van der Waals surface area (Å²) in [4.78, 5) is 50.1. The van der Waals surface area contributed by atoms with Gasteiger partial charge < -0.3 is 4.90 Å². The molecule has 0 aliphatic carbocycles. The van der Waals surface area contributed by atoms with Crippen LogP contribution in [0.25, 0.3) is 0 Å². The van der Waals surface area contributed by atoms with E-state index in [1.54, 1.807) is 19.1 Å². The van der Waals surface area contributed by atoms with Crippen LogP contribution in [0.15, 0.2) is 116 Å². The Morgan fingerprint density at radius 1 is 0.956 bits per heavy atom. The van der Waals surface area contributed by atoms with Gasteiger partial charge in [-0.05, 0) is 54.6 Å². The summed E-state index contributed by atoms with van der Waals surface area (Å²) >= 11 is 1.37. The fourth-order valence-corrected chi connectivity index (χ4v) is 6.54. The molecule has 12 nitrogen and oxygen atoms in total. The van der Waals surface area contributed by atoms with E-state index in [4.69, 9.17) is 4.99 Å². The van der Waals surface area contributed by atoms with E-state index in [0.717, 1.165) is 5.56 Å². The number of hydrazone groups is 1. The lowest BCUT2D eigenvalue weighted by Crippen LogP contribution is -2.42. The number of amidine groups is 1. The van der Waals surface area contributed by atoms with Gasteiger partial charge in [0.15, 0.2) is 11.0 Å². The number of non-ortho nitro benzene ring substituents is 1. The van der Waals surface area contributed by atoms with Crippen molar-refractivity contribution in [2.75, 3.05) is 5.01 Å². The number of thioether (sulfide) groups is 1. The first-order valence-corrected chi connectivity index (χ1v) is 14.9. The molecule has 1 amide bonds. The van der Waals surface area contributed by atoms with Gasteiger partial charge in [0.2, 0.25) is 0 Å². The predicted octanol–water partition coefficient (Wildman–Crippen LogP) is 5.36. The molecular formula is C32H24N8O4S. The molecule has 1 aromatic heterocycles. The molecule has 2 unspecified atom stereocenters. The van der Waals surface area contributed by atoms with Crippen LogP contribution in [-0.2, 0) is 4.79 Å². The highest BCUT2D eigenvalue weighted by molar-refractivity contribution is 8.16.